The molecule has 0 aromatic rings. The fraction of sp³-hybridized carbons (Fsp3) is 0.722. The molecule has 1 nitrogen and oxygen atoms in total. The van der Waals surface area contributed by atoms with E-state index in [2.05, 4.69) is 12.2 Å². The van der Waals surface area contributed by atoms with Crippen molar-refractivity contribution in [3.8, 4) is 0 Å². The number of hydrogen-bond donors (Lipinski definition) is 0. The van der Waals surface area contributed by atoms with Gasteiger partial charge in [0.25, 0.3) is 0 Å². The van der Waals surface area contributed by atoms with E-state index in [0.717, 1.165) is 25.7 Å². The summed E-state index contributed by atoms with van der Waals surface area (Å²) >= 11 is 0. The van der Waals surface area contributed by atoms with Gasteiger partial charge < -0.3 is 0 Å². The van der Waals surface area contributed by atoms with Gasteiger partial charge in [0.1, 0.15) is 5.78 Å². The number of ketones is 1. The Kier molecular flexibility index (Phi) is 3.91. The molecule has 0 spiro atoms. The van der Waals surface area contributed by atoms with Gasteiger partial charge in [0.05, 0.1) is 0 Å². The van der Waals surface area contributed by atoms with E-state index in [4.69, 9.17) is 0 Å². The molecule has 0 N–H and O–H groups in total. The van der Waals surface area contributed by atoms with Gasteiger partial charge in [-0.3, -0.25) is 4.79 Å². The van der Waals surface area contributed by atoms with E-state index < -0.39 is 0 Å². The Morgan fingerprint density at radius 3 is 1.68 bits per heavy atom. The molecule has 0 aromatic heterocycles. The summed E-state index contributed by atoms with van der Waals surface area (Å²) in [5, 5.41) is 0. The van der Waals surface area contributed by atoms with Crippen LogP contribution in [0.1, 0.15) is 77.0 Å². The van der Waals surface area contributed by atoms with Gasteiger partial charge in [-0.1, -0.05) is 23.3 Å². The number of carbonyl (C=O) groups is 1. The Hall–Kier alpha value is -0.850. The molecule has 104 valence electrons. The molecule has 1 heteroatoms. The zero-order valence-electron chi connectivity index (χ0n) is 12.0. The lowest BCUT2D eigenvalue weighted by Crippen LogP contribution is -2.33. The lowest BCUT2D eigenvalue weighted by atomic mass is 9.60. The van der Waals surface area contributed by atoms with Crippen molar-refractivity contribution < 1.29 is 4.79 Å². The Morgan fingerprint density at radius 2 is 1.26 bits per heavy atom. The minimum Gasteiger partial charge on any atom is -0.300 e. The molecule has 3 aliphatic rings. The summed E-state index contributed by atoms with van der Waals surface area (Å²) in [7, 11) is 0. The second-order valence-electron chi connectivity index (χ2n) is 6.57. The van der Waals surface area contributed by atoms with E-state index in [0.29, 0.717) is 11.2 Å². The third-order valence-corrected chi connectivity index (χ3v) is 5.47. The van der Waals surface area contributed by atoms with Crippen LogP contribution in [-0.4, -0.2) is 5.78 Å². The summed E-state index contributed by atoms with van der Waals surface area (Å²) in [5.74, 6) is 0.489. The van der Waals surface area contributed by atoms with Crippen molar-refractivity contribution in [2.45, 2.75) is 77.0 Å². The number of carbonyl (C=O) groups excluding carboxylic acids is 1. The average molecular weight is 258 g/mol. The quantitative estimate of drug-likeness (QED) is 0.628. The first-order valence-electron chi connectivity index (χ1n) is 8.22. The molecule has 0 aliphatic heterocycles. The minimum atomic E-state index is 0.300. The van der Waals surface area contributed by atoms with Crippen LogP contribution in [0, 0.1) is 5.41 Å². The molecule has 0 bridgehead atoms. The van der Waals surface area contributed by atoms with E-state index in [-0.39, 0.29) is 0 Å². The molecule has 0 radical (unpaired) electrons. The first-order chi connectivity index (χ1) is 9.31. The van der Waals surface area contributed by atoms with Crippen LogP contribution in [0.25, 0.3) is 0 Å². The molecule has 3 aliphatic carbocycles. The summed E-state index contributed by atoms with van der Waals surface area (Å²) in [5.41, 5.74) is 3.69. The zero-order chi connectivity index (χ0) is 13.1. The normalized spacial score (nSPS) is 27.7. The third kappa shape index (κ3) is 2.57. The molecule has 1 fully saturated rings. The third-order valence-electron chi connectivity index (χ3n) is 5.47. The second kappa shape index (κ2) is 5.64. The molecule has 0 aromatic carbocycles. The monoisotopic (exact) mass is 258 g/mol. The highest BCUT2D eigenvalue weighted by molar-refractivity contribution is 5.79. The first-order valence-corrected chi connectivity index (χ1v) is 8.22. The van der Waals surface area contributed by atoms with Crippen molar-refractivity contribution in [2.75, 3.05) is 0 Å². The van der Waals surface area contributed by atoms with Crippen LogP contribution in [0.4, 0.5) is 0 Å². The van der Waals surface area contributed by atoms with Gasteiger partial charge in [0.15, 0.2) is 0 Å². The Labute approximate surface area is 117 Å². The average Bonchev–Trinajstić information content (AvgIpc) is 2.50. The minimum absolute atomic E-state index is 0.300. The van der Waals surface area contributed by atoms with Crippen LogP contribution in [0.15, 0.2) is 23.3 Å². The fourth-order valence-corrected chi connectivity index (χ4v) is 4.35. The summed E-state index contributed by atoms with van der Waals surface area (Å²) in [6.45, 7) is 0. The first kappa shape index (κ1) is 13.1. The number of hydrogen-bond acceptors (Lipinski definition) is 1. The van der Waals surface area contributed by atoms with Crippen molar-refractivity contribution in [2.24, 2.45) is 5.41 Å². The smallest absolute Gasteiger partial charge is 0.133 e. The molecule has 0 atom stereocenters. The summed E-state index contributed by atoms with van der Waals surface area (Å²) in [4.78, 5) is 11.7. The molecule has 0 saturated heterocycles. The Morgan fingerprint density at radius 1 is 0.737 bits per heavy atom. The summed E-state index contributed by atoms with van der Waals surface area (Å²) in [6.07, 6.45) is 19.4. The van der Waals surface area contributed by atoms with Gasteiger partial charge in [0, 0.05) is 18.3 Å². The van der Waals surface area contributed by atoms with Gasteiger partial charge in [0.2, 0.25) is 0 Å². The maximum Gasteiger partial charge on any atom is 0.133 e. The predicted molar refractivity (Wildman–Crippen MR) is 79.0 cm³/mol. The van der Waals surface area contributed by atoms with Crippen LogP contribution < -0.4 is 0 Å². The Bertz CT molecular complexity index is 375. The number of rotatable bonds is 2. The van der Waals surface area contributed by atoms with Crippen LogP contribution in [-0.2, 0) is 4.79 Å². The molecule has 1 saturated carbocycles. The lowest BCUT2D eigenvalue weighted by molar-refractivity contribution is -0.121. The second-order valence-corrected chi connectivity index (χ2v) is 6.57. The van der Waals surface area contributed by atoms with E-state index in [9.17, 15) is 4.79 Å². The zero-order valence-corrected chi connectivity index (χ0v) is 12.0. The van der Waals surface area contributed by atoms with Crippen LogP contribution >= 0.6 is 0 Å². The molecular formula is C18H26O. The van der Waals surface area contributed by atoms with Crippen molar-refractivity contribution in [3.05, 3.63) is 23.3 Å². The van der Waals surface area contributed by atoms with Crippen molar-refractivity contribution in [3.63, 3.8) is 0 Å². The molecule has 0 amide bonds. The standard InChI is InChI=1S/C18H26O/c19-17-11-13-18(14-12-17,15-7-3-1-4-8-15)16-9-5-2-6-10-16/h7,9H,1-6,8,10-14H2. The van der Waals surface area contributed by atoms with Gasteiger partial charge in [-0.05, 0) is 64.2 Å². The maximum atomic E-state index is 11.7. The Balaban J connectivity index is 1.92. The van der Waals surface area contributed by atoms with Gasteiger partial charge in [-0.2, -0.15) is 0 Å². The molecule has 0 heterocycles. The van der Waals surface area contributed by atoms with Crippen LogP contribution in [0.3, 0.4) is 0 Å². The van der Waals surface area contributed by atoms with Crippen molar-refractivity contribution in [1.82, 2.24) is 0 Å². The SMILES string of the molecule is O=C1CCC(C2=CCCCC2)(C2=CCCCC2)CC1. The van der Waals surface area contributed by atoms with E-state index >= 15 is 0 Å². The van der Waals surface area contributed by atoms with Gasteiger partial charge >= 0.3 is 0 Å². The van der Waals surface area contributed by atoms with Gasteiger partial charge in [-0.25, -0.2) is 0 Å². The van der Waals surface area contributed by atoms with E-state index in [1.807, 2.05) is 0 Å². The summed E-state index contributed by atoms with van der Waals surface area (Å²) in [6, 6.07) is 0. The van der Waals surface area contributed by atoms with Crippen LogP contribution in [0.5, 0.6) is 0 Å². The molecular weight excluding hydrogens is 232 g/mol. The highest BCUT2D eigenvalue weighted by Gasteiger charge is 2.40. The number of Topliss-reactive ketones (excluding diaryl/α,β-unsaturated/α-hetero) is 1. The van der Waals surface area contributed by atoms with Gasteiger partial charge in [-0.15, -0.1) is 0 Å². The molecule has 3 rings (SSSR count). The van der Waals surface area contributed by atoms with E-state index in [1.165, 1.54) is 51.4 Å². The predicted octanol–water partition coefficient (Wildman–Crippen LogP) is 5.12. The highest BCUT2D eigenvalue weighted by Crippen LogP contribution is 2.52. The highest BCUT2D eigenvalue weighted by atomic mass is 16.1. The van der Waals surface area contributed by atoms with Crippen molar-refractivity contribution >= 4 is 5.78 Å². The topological polar surface area (TPSA) is 17.1 Å². The molecule has 0 unspecified atom stereocenters. The largest absolute Gasteiger partial charge is 0.300 e. The fourth-order valence-electron chi connectivity index (χ4n) is 4.35. The summed E-state index contributed by atoms with van der Waals surface area (Å²) < 4.78 is 0. The number of allylic oxidation sites excluding steroid dienone is 4. The molecule has 19 heavy (non-hydrogen) atoms. The maximum absolute atomic E-state index is 11.7. The van der Waals surface area contributed by atoms with E-state index in [1.54, 1.807) is 11.1 Å². The van der Waals surface area contributed by atoms with Crippen LogP contribution in [0.2, 0.25) is 0 Å². The lowest BCUT2D eigenvalue weighted by Gasteiger charge is -2.43. The van der Waals surface area contributed by atoms with Crippen molar-refractivity contribution in [1.29, 1.82) is 0 Å².